The van der Waals surface area contributed by atoms with Crippen molar-refractivity contribution >= 4 is 17.5 Å². The summed E-state index contributed by atoms with van der Waals surface area (Å²) in [6, 6.07) is 9.11. The molecule has 0 spiro atoms. The molecule has 1 aliphatic rings. The van der Waals surface area contributed by atoms with E-state index in [2.05, 4.69) is 4.98 Å². The molecule has 2 heterocycles. The Bertz CT molecular complexity index is 832. The van der Waals surface area contributed by atoms with E-state index in [-0.39, 0.29) is 19.1 Å². The van der Waals surface area contributed by atoms with Gasteiger partial charge in [-0.3, -0.25) is 4.79 Å². The average molecular weight is 389 g/mol. The van der Waals surface area contributed by atoms with E-state index in [0.717, 1.165) is 28.3 Å². The normalized spacial score (nSPS) is 19.8. The van der Waals surface area contributed by atoms with Crippen LogP contribution in [0.5, 0.6) is 5.75 Å². The first-order chi connectivity index (χ1) is 12.8. The van der Waals surface area contributed by atoms with Crippen LogP contribution < -0.4 is 4.74 Å². The number of aromatic nitrogens is 1. The highest BCUT2D eigenvalue weighted by Gasteiger charge is 2.36. The molecule has 0 radical (unpaired) electrons. The average Bonchev–Trinajstić information content (AvgIpc) is 2.64. The molecule has 3 rings (SSSR count). The molecule has 1 unspecified atom stereocenters. The number of ether oxygens (including phenoxy) is 1. The van der Waals surface area contributed by atoms with Crippen LogP contribution in [-0.4, -0.2) is 46.2 Å². The van der Waals surface area contributed by atoms with E-state index in [0.29, 0.717) is 24.4 Å². The molecule has 1 amide bonds. The van der Waals surface area contributed by atoms with Crippen LogP contribution in [0.25, 0.3) is 0 Å². The fourth-order valence-electron chi connectivity index (χ4n) is 3.43. The zero-order valence-electron chi connectivity index (χ0n) is 16.0. The predicted octanol–water partition coefficient (Wildman–Crippen LogP) is 3.71. The largest absolute Gasteiger partial charge is 0.491 e. The van der Waals surface area contributed by atoms with Gasteiger partial charge in [0.05, 0.1) is 6.54 Å². The van der Waals surface area contributed by atoms with Crippen LogP contribution in [0.3, 0.4) is 0 Å². The van der Waals surface area contributed by atoms with Crippen molar-refractivity contribution in [1.82, 2.24) is 9.88 Å². The van der Waals surface area contributed by atoms with Crippen LogP contribution in [0.15, 0.2) is 30.3 Å². The van der Waals surface area contributed by atoms with Crippen LogP contribution in [0.2, 0.25) is 5.02 Å². The molecule has 0 aliphatic carbocycles. The monoisotopic (exact) mass is 388 g/mol. The van der Waals surface area contributed by atoms with Gasteiger partial charge < -0.3 is 14.7 Å². The van der Waals surface area contributed by atoms with Crippen molar-refractivity contribution in [3.8, 4) is 5.75 Å². The lowest BCUT2D eigenvalue weighted by atomic mass is 9.93. The van der Waals surface area contributed by atoms with Crippen LogP contribution in [0.1, 0.15) is 40.2 Å². The number of amides is 1. The Balaban J connectivity index is 1.68. The zero-order chi connectivity index (χ0) is 19.6. The Morgan fingerprint density at radius 1 is 1.30 bits per heavy atom. The van der Waals surface area contributed by atoms with Gasteiger partial charge in [0.15, 0.2) is 0 Å². The summed E-state index contributed by atoms with van der Waals surface area (Å²) in [4.78, 5) is 18.7. The lowest BCUT2D eigenvalue weighted by molar-refractivity contribution is -0.0533. The SMILES string of the molecule is Cc1cccc(C(=O)N2CCCC(O)(COc3cc(C)c(Cl)c(C)c3)C2)n1. The van der Waals surface area contributed by atoms with Crippen molar-refractivity contribution in [2.45, 2.75) is 39.2 Å². The first-order valence-corrected chi connectivity index (χ1v) is 9.50. The molecule has 144 valence electrons. The fourth-order valence-corrected chi connectivity index (χ4v) is 3.54. The Kier molecular flexibility index (Phi) is 5.72. The van der Waals surface area contributed by atoms with Crippen molar-refractivity contribution in [3.05, 3.63) is 57.9 Å². The molecular formula is C21H25ClN2O3. The van der Waals surface area contributed by atoms with Gasteiger partial charge in [0.25, 0.3) is 5.91 Å². The van der Waals surface area contributed by atoms with Gasteiger partial charge in [0.2, 0.25) is 0 Å². The molecule has 6 heteroatoms. The summed E-state index contributed by atoms with van der Waals surface area (Å²) in [6.07, 6.45) is 1.31. The molecule has 0 saturated carbocycles. The number of aryl methyl sites for hydroxylation is 3. The molecule has 27 heavy (non-hydrogen) atoms. The number of carbonyl (C=O) groups is 1. The minimum Gasteiger partial charge on any atom is -0.491 e. The summed E-state index contributed by atoms with van der Waals surface area (Å²) in [5.74, 6) is 0.515. The second kappa shape index (κ2) is 7.87. The zero-order valence-corrected chi connectivity index (χ0v) is 16.7. The minimum absolute atomic E-state index is 0.124. The molecule has 1 aromatic heterocycles. The van der Waals surface area contributed by atoms with Crippen LogP contribution >= 0.6 is 11.6 Å². The maximum atomic E-state index is 12.7. The number of rotatable bonds is 4. The summed E-state index contributed by atoms with van der Waals surface area (Å²) >= 11 is 6.19. The van der Waals surface area contributed by atoms with Gasteiger partial charge in [0.1, 0.15) is 23.7 Å². The number of nitrogens with zero attached hydrogens (tertiary/aromatic N) is 2. The Morgan fingerprint density at radius 2 is 2.00 bits per heavy atom. The number of hydrogen-bond acceptors (Lipinski definition) is 4. The van der Waals surface area contributed by atoms with E-state index in [1.807, 2.05) is 45.0 Å². The van der Waals surface area contributed by atoms with Crippen molar-refractivity contribution in [3.63, 3.8) is 0 Å². The molecule has 5 nitrogen and oxygen atoms in total. The van der Waals surface area contributed by atoms with Crippen molar-refractivity contribution in [2.75, 3.05) is 19.7 Å². The van der Waals surface area contributed by atoms with Crippen molar-refractivity contribution in [1.29, 1.82) is 0 Å². The Labute approximate surface area is 164 Å². The molecule has 1 saturated heterocycles. The van der Waals surface area contributed by atoms with Gasteiger partial charge in [-0.15, -0.1) is 0 Å². The van der Waals surface area contributed by atoms with Gasteiger partial charge >= 0.3 is 0 Å². The lowest BCUT2D eigenvalue weighted by Gasteiger charge is -2.38. The van der Waals surface area contributed by atoms with E-state index in [1.165, 1.54) is 0 Å². The highest BCUT2D eigenvalue weighted by atomic mass is 35.5. The molecule has 1 aromatic carbocycles. The minimum atomic E-state index is -1.08. The molecular weight excluding hydrogens is 364 g/mol. The standard InChI is InChI=1S/C21H25ClN2O3/c1-14-10-17(11-15(2)19(14)22)27-13-21(26)8-5-9-24(12-21)20(25)18-7-4-6-16(3)23-18/h4,6-7,10-11,26H,5,8-9,12-13H2,1-3H3. The quantitative estimate of drug-likeness (QED) is 0.867. The maximum absolute atomic E-state index is 12.7. The second-order valence-electron chi connectivity index (χ2n) is 7.38. The number of aliphatic hydroxyl groups is 1. The van der Waals surface area contributed by atoms with E-state index in [9.17, 15) is 9.90 Å². The molecule has 1 fully saturated rings. The van der Waals surface area contributed by atoms with E-state index in [1.54, 1.807) is 11.0 Å². The number of likely N-dealkylation sites (tertiary alicyclic amines) is 1. The highest BCUT2D eigenvalue weighted by Crippen LogP contribution is 2.28. The van der Waals surface area contributed by atoms with E-state index in [4.69, 9.17) is 16.3 Å². The number of benzene rings is 1. The summed E-state index contributed by atoms with van der Waals surface area (Å²) in [5.41, 5.74) is 1.99. The molecule has 0 bridgehead atoms. The summed E-state index contributed by atoms with van der Waals surface area (Å²) in [5, 5.41) is 11.7. The maximum Gasteiger partial charge on any atom is 0.272 e. The first kappa shape index (κ1) is 19.6. The summed E-state index contributed by atoms with van der Waals surface area (Å²) in [6.45, 7) is 6.66. The predicted molar refractivity (Wildman–Crippen MR) is 105 cm³/mol. The molecule has 1 N–H and O–H groups in total. The van der Waals surface area contributed by atoms with Crippen LogP contribution in [-0.2, 0) is 0 Å². The van der Waals surface area contributed by atoms with Gasteiger partial charge in [-0.05, 0) is 69.0 Å². The molecule has 2 aromatic rings. The third kappa shape index (κ3) is 4.60. The second-order valence-corrected chi connectivity index (χ2v) is 7.76. The third-order valence-electron chi connectivity index (χ3n) is 4.87. The van der Waals surface area contributed by atoms with Crippen LogP contribution in [0.4, 0.5) is 0 Å². The number of β-amino-alcohol motifs (C(OH)–C–C–N with tert-alkyl or cyclic N) is 1. The summed E-state index contributed by atoms with van der Waals surface area (Å²) < 4.78 is 5.86. The first-order valence-electron chi connectivity index (χ1n) is 9.12. The van der Waals surface area contributed by atoms with Crippen LogP contribution in [0, 0.1) is 20.8 Å². The Morgan fingerprint density at radius 3 is 2.67 bits per heavy atom. The Hall–Kier alpha value is -2.11. The number of halogens is 1. The summed E-state index contributed by atoms with van der Waals surface area (Å²) in [7, 11) is 0. The number of piperidine rings is 1. The smallest absolute Gasteiger partial charge is 0.272 e. The number of pyridine rings is 1. The number of carbonyl (C=O) groups excluding carboxylic acids is 1. The topological polar surface area (TPSA) is 62.7 Å². The van der Waals surface area contributed by atoms with Gasteiger partial charge in [-0.1, -0.05) is 17.7 Å². The lowest BCUT2D eigenvalue weighted by Crippen LogP contribution is -2.53. The van der Waals surface area contributed by atoms with E-state index < -0.39 is 5.60 Å². The fraction of sp³-hybridized carbons (Fsp3) is 0.429. The van der Waals surface area contributed by atoms with Gasteiger partial charge in [-0.2, -0.15) is 0 Å². The van der Waals surface area contributed by atoms with Gasteiger partial charge in [-0.25, -0.2) is 4.98 Å². The van der Waals surface area contributed by atoms with E-state index >= 15 is 0 Å². The van der Waals surface area contributed by atoms with Gasteiger partial charge in [0, 0.05) is 17.3 Å². The molecule has 1 aliphatic heterocycles. The molecule has 1 atom stereocenters. The third-order valence-corrected chi connectivity index (χ3v) is 5.46. The highest BCUT2D eigenvalue weighted by molar-refractivity contribution is 6.32. The van der Waals surface area contributed by atoms with Crippen molar-refractivity contribution < 1.29 is 14.6 Å². The van der Waals surface area contributed by atoms with Crippen molar-refractivity contribution in [2.24, 2.45) is 0 Å². The number of hydrogen-bond donors (Lipinski definition) is 1.